The first-order chi connectivity index (χ1) is 14.6. The Labute approximate surface area is 189 Å². The third-order valence-electron chi connectivity index (χ3n) is 4.82. The number of fused-ring (bicyclic) bond motifs is 1. The van der Waals surface area contributed by atoms with Gasteiger partial charge in [-0.2, -0.15) is 16.5 Å². The average molecular weight is 484 g/mol. The van der Waals surface area contributed by atoms with Gasteiger partial charge in [0.05, 0.1) is 10.4 Å². The number of aromatic nitrogens is 1. The number of aryl methyl sites for hydroxylation is 1. The maximum atomic E-state index is 13.0. The molecule has 11 heteroatoms. The molecular weight excluding hydrogens is 462 g/mol. The third-order valence-corrected chi connectivity index (χ3v) is 7.35. The molecule has 1 heterocycles. The zero-order valence-corrected chi connectivity index (χ0v) is 19.5. The Morgan fingerprint density at radius 3 is 2.74 bits per heavy atom. The van der Waals surface area contributed by atoms with Crippen LogP contribution in [0.4, 0.5) is 5.69 Å². The largest absolute Gasteiger partial charge is 0.419 e. The highest BCUT2D eigenvalue weighted by atomic mass is 35.5. The Morgan fingerprint density at radius 1 is 1.29 bits per heavy atom. The monoisotopic (exact) mass is 483 g/mol. The molecule has 0 aliphatic rings. The standard InChI is InChI=1S/C20H22ClN3O5S2/c1-12-14(21)5-4-6-15(12)22-19(25)16(9-10-30-3)23-31(27,28)13-7-8-17-18(11-13)29-20(26)24(17)2/h4-8,11,16,23H,9-10H2,1-3H3,(H,22,25). The number of sulfonamides is 1. The Balaban J connectivity index is 1.87. The Bertz CT molecular complexity index is 1280. The van der Waals surface area contributed by atoms with Crippen LogP contribution in [-0.4, -0.2) is 36.9 Å². The second kappa shape index (κ2) is 9.47. The predicted octanol–water partition coefficient (Wildman–Crippen LogP) is 3.13. The lowest BCUT2D eigenvalue weighted by molar-refractivity contribution is -0.117. The molecule has 0 fully saturated rings. The van der Waals surface area contributed by atoms with Crippen LogP contribution in [0.5, 0.6) is 0 Å². The minimum absolute atomic E-state index is 0.102. The van der Waals surface area contributed by atoms with Crippen LogP contribution in [-0.2, 0) is 21.9 Å². The van der Waals surface area contributed by atoms with Crippen LogP contribution in [0.15, 0.2) is 50.5 Å². The number of oxazole rings is 1. The summed E-state index contributed by atoms with van der Waals surface area (Å²) in [6.07, 6.45) is 2.16. The number of nitrogens with one attached hydrogen (secondary N) is 2. The van der Waals surface area contributed by atoms with E-state index in [0.29, 0.717) is 27.5 Å². The second-order valence-corrected chi connectivity index (χ2v) is 10.0. The van der Waals surface area contributed by atoms with Gasteiger partial charge in [0.25, 0.3) is 0 Å². The fourth-order valence-electron chi connectivity index (χ4n) is 2.98. The molecular formula is C20H22ClN3O5S2. The van der Waals surface area contributed by atoms with Crippen molar-refractivity contribution in [2.75, 3.05) is 17.3 Å². The van der Waals surface area contributed by atoms with E-state index in [1.54, 1.807) is 25.1 Å². The van der Waals surface area contributed by atoms with Crippen molar-refractivity contribution in [3.63, 3.8) is 0 Å². The summed E-state index contributed by atoms with van der Waals surface area (Å²) < 4.78 is 34.8. The van der Waals surface area contributed by atoms with Crippen molar-refractivity contribution in [2.45, 2.75) is 24.3 Å². The summed E-state index contributed by atoms with van der Waals surface area (Å²) in [6, 6.07) is 8.22. The van der Waals surface area contributed by atoms with Crippen molar-refractivity contribution >= 4 is 56.1 Å². The molecule has 1 atom stereocenters. The van der Waals surface area contributed by atoms with Gasteiger partial charge in [-0.1, -0.05) is 17.7 Å². The summed E-state index contributed by atoms with van der Waals surface area (Å²) in [5.74, 6) is -0.510. The summed E-state index contributed by atoms with van der Waals surface area (Å²) in [5, 5.41) is 3.25. The van der Waals surface area contributed by atoms with Crippen LogP contribution >= 0.6 is 23.4 Å². The number of carbonyl (C=O) groups excluding carboxylic acids is 1. The number of hydrogen-bond donors (Lipinski definition) is 2. The molecule has 0 aliphatic carbocycles. The lowest BCUT2D eigenvalue weighted by Gasteiger charge is -2.19. The second-order valence-electron chi connectivity index (χ2n) is 6.91. The molecule has 8 nitrogen and oxygen atoms in total. The van der Waals surface area contributed by atoms with Crippen LogP contribution in [0.1, 0.15) is 12.0 Å². The van der Waals surface area contributed by atoms with E-state index < -0.39 is 27.7 Å². The number of halogens is 1. The van der Waals surface area contributed by atoms with E-state index in [2.05, 4.69) is 10.0 Å². The molecule has 3 aromatic rings. The maximum Gasteiger partial charge on any atom is 0.419 e. The Morgan fingerprint density at radius 2 is 2.03 bits per heavy atom. The molecule has 0 saturated carbocycles. The Hall–Kier alpha value is -2.27. The molecule has 0 bridgehead atoms. The van der Waals surface area contributed by atoms with E-state index >= 15 is 0 Å². The molecule has 166 valence electrons. The van der Waals surface area contributed by atoms with Crippen LogP contribution in [0.2, 0.25) is 5.02 Å². The Kier molecular flexibility index (Phi) is 7.15. The number of benzene rings is 2. The number of thioether (sulfide) groups is 1. The van der Waals surface area contributed by atoms with E-state index in [1.807, 2.05) is 6.26 Å². The number of rotatable bonds is 8. The quantitative estimate of drug-likeness (QED) is 0.509. The molecule has 0 saturated heterocycles. The number of amides is 1. The topological polar surface area (TPSA) is 110 Å². The minimum Gasteiger partial charge on any atom is -0.408 e. The van der Waals surface area contributed by atoms with E-state index in [9.17, 15) is 18.0 Å². The number of carbonyl (C=O) groups is 1. The molecule has 1 amide bonds. The highest BCUT2D eigenvalue weighted by Crippen LogP contribution is 2.24. The number of anilines is 1. The summed E-state index contributed by atoms with van der Waals surface area (Å²) >= 11 is 7.61. The summed E-state index contributed by atoms with van der Waals surface area (Å²) in [7, 11) is -2.53. The highest BCUT2D eigenvalue weighted by Gasteiger charge is 2.26. The van der Waals surface area contributed by atoms with Gasteiger partial charge in [-0.25, -0.2) is 13.2 Å². The van der Waals surface area contributed by atoms with E-state index in [-0.39, 0.29) is 16.9 Å². The summed E-state index contributed by atoms with van der Waals surface area (Å²) in [5.41, 5.74) is 1.82. The fourth-order valence-corrected chi connectivity index (χ4v) is 4.87. The molecule has 2 aromatic carbocycles. The molecule has 0 aliphatic heterocycles. The van der Waals surface area contributed by atoms with Gasteiger partial charge in [0.1, 0.15) is 6.04 Å². The summed E-state index contributed by atoms with van der Waals surface area (Å²) in [6.45, 7) is 1.77. The van der Waals surface area contributed by atoms with Gasteiger partial charge in [-0.3, -0.25) is 9.36 Å². The smallest absolute Gasteiger partial charge is 0.408 e. The molecule has 2 N–H and O–H groups in total. The minimum atomic E-state index is -4.06. The normalized spacial score (nSPS) is 12.8. The fraction of sp³-hybridized carbons (Fsp3) is 0.300. The van der Waals surface area contributed by atoms with Gasteiger partial charge < -0.3 is 9.73 Å². The van der Waals surface area contributed by atoms with Gasteiger partial charge in [-0.05, 0) is 55.2 Å². The molecule has 1 unspecified atom stereocenters. The van der Waals surface area contributed by atoms with Gasteiger partial charge in [0.15, 0.2) is 5.58 Å². The van der Waals surface area contributed by atoms with Crippen LogP contribution < -0.4 is 15.8 Å². The average Bonchev–Trinajstić information content (AvgIpc) is 3.01. The number of nitrogens with zero attached hydrogens (tertiary/aromatic N) is 1. The van der Waals surface area contributed by atoms with Crippen LogP contribution in [0.25, 0.3) is 11.1 Å². The van der Waals surface area contributed by atoms with Crippen LogP contribution in [0, 0.1) is 6.92 Å². The first-order valence-electron chi connectivity index (χ1n) is 9.31. The maximum absolute atomic E-state index is 13.0. The van der Waals surface area contributed by atoms with Crippen molar-refractivity contribution in [1.29, 1.82) is 0 Å². The van der Waals surface area contributed by atoms with E-state index in [4.69, 9.17) is 16.0 Å². The molecule has 0 radical (unpaired) electrons. The SMILES string of the molecule is CSCCC(NS(=O)(=O)c1ccc2c(c1)oc(=O)n2C)C(=O)Nc1cccc(Cl)c1C. The van der Waals surface area contributed by atoms with Gasteiger partial charge in [-0.15, -0.1) is 0 Å². The predicted molar refractivity (Wildman–Crippen MR) is 123 cm³/mol. The van der Waals surface area contributed by atoms with E-state index in [1.165, 1.54) is 41.6 Å². The van der Waals surface area contributed by atoms with Gasteiger partial charge >= 0.3 is 5.76 Å². The molecule has 1 aromatic heterocycles. The zero-order chi connectivity index (χ0) is 22.8. The van der Waals surface area contributed by atoms with Crippen molar-refractivity contribution in [2.24, 2.45) is 7.05 Å². The van der Waals surface area contributed by atoms with Crippen LogP contribution in [0.3, 0.4) is 0 Å². The van der Waals surface area contributed by atoms with Crippen molar-refractivity contribution in [1.82, 2.24) is 9.29 Å². The molecule has 3 rings (SSSR count). The van der Waals surface area contributed by atoms with Crippen molar-refractivity contribution in [3.8, 4) is 0 Å². The zero-order valence-electron chi connectivity index (χ0n) is 17.1. The molecule has 31 heavy (non-hydrogen) atoms. The first kappa shape index (κ1) is 23.4. The van der Waals surface area contributed by atoms with Crippen molar-refractivity contribution in [3.05, 3.63) is 57.5 Å². The molecule has 0 spiro atoms. The van der Waals surface area contributed by atoms with Crippen molar-refractivity contribution < 1.29 is 17.6 Å². The lowest BCUT2D eigenvalue weighted by atomic mass is 10.1. The first-order valence-corrected chi connectivity index (χ1v) is 12.6. The highest BCUT2D eigenvalue weighted by molar-refractivity contribution is 7.98. The van der Waals surface area contributed by atoms with Gasteiger partial charge in [0.2, 0.25) is 15.9 Å². The van der Waals surface area contributed by atoms with E-state index in [0.717, 1.165) is 0 Å². The third kappa shape index (κ3) is 5.15. The lowest BCUT2D eigenvalue weighted by Crippen LogP contribution is -2.44. The summed E-state index contributed by atoms with van der Waals surface area (Å²) in [4.78, 5) is 24.5. The van der Waals surface area contributed by atoms with Gasteiger partial charge in [0, 0.05) is 23.8 Å². The number of hydrogen-bond acceptors (Lipinski definition) is 6.